The van der Waals surface area contributed by atoms with Gasteiger partial charge in [-0.15, -0.1) is 0 Å². The van der Waals surface area contributed by atoms with Crippen molar-refractivity contribution < 1.29 is 4.79 Å². The smallest absolute Gasteiger partial charge is 0.251 e. The van der Waals surface area contributed by atoms with Gasteiger partial charge in [-0.2, -0.15) is 0 Å². The van der Waals surface area contributed by atoms with E-state index in [2.05, 4.69) is 42.5 Å². The van der Waals surface area contributed by atoms with Crippen LogP contribution in [0.2, 0.25) is 0 Å². The minimum absolute atomic E-state index is 0.0269. The topological polar surface area (TPSA) is 44.4 Å². The summed E-state index contributed by atoms with van der Waals surface area (Å²) in [6.07, 6.45) is 1.13. The number of carbonyl (C=O) groups is 1. The third kappa shape index (κ3) is 3.38. The first-order valence-electron chi connectivity index (χ1n) is 7.72. The van der Waals surface area contributed by atoms with Gasteiger partial charge in [-0.25, -0.2) is 0 Å². The lowest BCUT2D eigenvalue weighted by Gasteiger charge is -2.40. The molecule has 116 valence electrons. The monoisotopic (exact) mass is 289 g/mol. The molecule has 0 radical (unpaired) electrons. The molecule has 0 spiro atoms. The molecule has 3 atom stereocenters. The Morgan fingerprint density at radius 1 is 1.33 bits per heavy atom. The van der Waals surface area contributed by atoms with Crippen LogP contribution in [0.1, 0.15) is 36.2 Å². The first kappa shape index (κ1) is 15.8. The second-order valence-corrected chi connectivity index (χ2v) is 6.31. The molecule has 2 N–H and O–H groups in total. The number of rotatable bonds is 3. The van der Waals surface area contributed by atoms with Gasteiger partial charge in [0.05, 0.1) is 0 Å². The van der Waals surface area contributed by atoms with Crippen LogP contribution in [0, 0.1) is 12.8 Å². The maximum atomic E-state index is 11.9. The van der Waals surface area contributed by atoms with Gasteiger partial charge in [-0.1, -0.05) is 13.0 Å². The number of amides is 1. The van der Waals surface area contributed by atoms with Gasteiger partial charge >= 0.3 is 0 Å². The molecular formula is C17H27N3O. The van der Waals surface area contributed by atoms with Crippen LogP contribution in [-0.2, 0) is 0 Å². The maximum absolute atomic E-state index is 11.9. The molecule has 3 unspecified atom stereocenters. The first-order chi connectivity index (χ1) is 9.93. The summed E-state index contributed by atoms with van der Waals surface area (Å²) in [4.78, 5) is 14.3. The predicted octanol–water partition coefficient (Wildman–Crippen LogP) is 2.50. The largest absolute Gasteiger partial charge is 0.382 e. The quantitative estimate of drug-likeness (QED) is 0.898. The van der Waals surface area contributed by atoms with E-state index < -0.39 is 0 Å². The molecule has 4 heteroatoms. The lowest BCUT2D eigenvalue weighted by Crippen LogP contribution is -2.48. The van der Waals surface area contributed by atoms with Crippen molar-refractivity contribution in [1.29, 1.82) is 0 Å². The summed E-state index contributed by atoms with van der Waals surface area (Å²) in [6, 6.07) is 6.93. The molecular weight excluding hydrogens is 262 g/mol. The van der Waals surface area contributed by atoms with E-state index in [0.29, 0.717) is 18.0 Å². The average molecular weight is 289 g/mol. The molecule has 1 amide bonds. The van der Waals surface area contributed by atoms with E-state index in [1.54, 1.807) is 7.05 Å². The third-order valence-electron chi connectivity index (χ3n) is 4.76. The van der Waals surface area contributed by atoms with Crippen LogP contribution in [-0.4, -0.2) is 43.5 Å². The van der Waals surface area contributed by atoms with E-state index in [4.69, 9.17) is 0 Å². The summed E-state index contributed by atoms with van der Waals surface area (Å²) < 4.78 is 0. The summed E-state index contributed by atoms with van der Waals surface area (Å²) in [5.41, 5.74) is 2.84. The summed E-state index contributed by atoms with van der Waals surface area (Å²) in [5.74, 6) is 0.565. The number of hydrogen-bond donors (Lipinski definition) is 2. The van der Waals surface area contributed by atoms with Crippen LogP contribution in [0.25, 0.3) is 0 Å². The highest BCUT2D eigenvalue weighted by Crippen LogP contribution is 2.27. The van der Waals surface area contributed by atoms with Gasteiger partial charge in [0.25, 0.3) is 5.91 Å². The molecule has 1 fully saturated rings. The third-order valence-corrected chi connectivity index (χ3v) is 4.76. The number of anilines is 1. The SMILES string of the molecule is CNC(=O)c1cccc(NC2CC(C)N(C)CC2C)c1C. The van der Waals surface area contributed by atoms with Crippen LogP contribution in [0.15, 0.2) is 18.2 Å². The predicted molar refractivity (Wildman–Crippen MR) is 87.9 cm³/mol. The lowest BCUT2D eigenvalue weighted by molar-refractivity contribution is 0.0962. The number of piperidine rings is 1. The zero-order chi connectivity index (χ0) is 15.6. The fourth-order valence-corrected chi connectivity index (χ4v) is 3.11. The van der Waals surface area contributed by atoms with E-state index >= 15 is 0 Å². The number of likely N-dealkylation sites (tertiary alicyclic amines) is 1. The Morgan fingerprint density at radius 2 is 2.05 bits per heavy atom. The molecule has 1 aliphatic heterocycles. The molecule has 1 aromatic carbocycles. The van der Waals surface area contributed by atoms with E-state index in [-0.39, 0.29) is 5.91 Å². The molecule has 0 aromatic heterocycles. The van der Waals surface area contributed by atoms with Crippen LogP contribution in [0.3, 0.4) is 0 Å². The minimum Gasteiger partial charge on any atom is -0.382 e. The number of nitrogens with one attached hydrogen (secondary N) is 2. The Balaban J connectivity index is 2.18. The molecule has 1 heterocycles. The van der Waals surface area contributed by atoms with Crippen LogP contribution in [0.5, 0.6) is 0 Å². The van der Waals surface area contributed by atoms with Gasteiger partial charge in [0, 0.05) is 36.9 Å². The van der Waals surface area contributed by atoms with Crippen molar-refractivity contribution >= 4 is 11.6 Å². The van der Waals surface area contributed by atoms with E-state index in [1.165, 1.54) is 0 Å². The van der Waals surface area contributed by atoms with Gasteiger partial charge in [-0.3, -0.25) is 4.79 Å². The van der Waals surface area contributed by atoms with Crippen molar-refractivity contribution in [3.05, 3.63) is 29.3 Å². The Labute approximate surface area is 127 Å². The molecule has 21 heavy (non-hydrogen) atoms. The van der Waals surface area contributed by atoms with Crippen LogP contribution < -0.4 is 10.6 Å². The zero-order valence-corrected chi connectivity index (χ0v) is 13.7. The van der Waals surface area contributed by atoms with E-state index in [0.717, 1.165) is 29.8 Å². The fourth-order valence-electron chi connectivity index (χ4n) is 3.11. The molecule has 1 aromatic rings. The second kappa shape index (κ2) is 6.48. The Kier molecular flexibility index (Phi) is 4.88. The summed E-state index contributed by atoms with van der Waals surface area (Å²) >= 11 is 0. The second-order valence-electron chi connectivity index (χ2n) is 6.31. The molecule has 0 saturated carbocycles. The standard InChI is InChI=1S/C17H27N3O/c1-11-10-20(5)12(2)9-16(11)19-15-8-6-7-14(13(15)3)17(21)18-4/h6-8,11-12,16,19H,9-10H2,1-5H3,(H,18,21). The first-order valence-corrected chi connectivity index (χ1v) is 7.72. The van der Waals surface area contributed by atoms with E-state index in [1.807, 2.05) is 19.1 Å². The Bertz CT molecular complexity index is 515. The highest BCUT2D eigenvalue weighted by atomic mass is 16.1. The summed E-state index contributed by atoms with van der Waals surface area (Å²) in [7, 11) is 3.86. The van der Waals surface area contributed by atoms with Crippen molar-refractivity contribution in [3.63, 3.8) is 0 Å². The Morgan fingerprint density at radius 3 is 2.71 bits per heavy atom. The molecule has 4 nitrogen and oxygen atoms in total. The number of benzene rings is 1. The van der Waals surface area contributed by atoms with Crippen molar-refractivity contribution in [3.8, 4) is 0 Å². The van der Waals surface area contributed by atoms with E-state index in [9.17, 15) is 4.79 Å². The summed E-state index contributed by atoms with van der Waals surface area (Å²) in [6.45, 7) is 7.68. The maximum Gasteiger partial charge on any atom is 0.251 e. The van der Waals surface area contributed by atoms with Gasteiger partial charge in [-0.05, 0) is 50.9 Å². The fraction of sp³-hybridized carbons (Fsp3) is 0.588. The van der Waals surface area contributed by atoms with Gasteiger partial charge < -0.3 is 15.5 Å². The van der Waals surface area contributed by atoms with Gasteiger partial charge in [0.1, 0.15) is 0 Å². The number of hydrogen-bond acceptors (Lipinski definition) is 3. The zero-order valence-electron chi connectivity index (χ0n) is 13.7. The van der Waals surface area contributed by atoms with Gasteiger partial charge in [0.15, 0.2) is 0 Å². The highest BCUT2D eigenvalue weighted by molar-refractivity contribution is 5.96. The van der Waals surface area contributed by atoms with Crippen molar-refractivity contribution in [2.45, 2.75) is 39.3 Å². The van der Waals surface area contributed by atoms with Crippen molar-refractivity contribution in [1.82, 2.24) is 10.2 Å². The molecule has 0 aliphatic carbocycles. The van der Waals surface area contributed by atoms with Crippen molar-refractivity contribution in [2.24, 2.45) is 5.92 Å². The highest BCUT2D eigenvalue weighted by Gasteiger charge is 2.29. The van der Waals surface area contributed by atoms with Gasteiger partial charge in [0.2, 0.25) is 0 Å². The number of carbonyl (C=O) groups excluding carboxylic acids is 1. The Hall–Kier alpha value is -1.55. The lowest BCUT2D eigenvalue weighted by atomic mass is 9.89. The average Bonchev–Trinajstić information content (AvgIpc) is 2.46. The molecule has 2 rings (SSSR count). The minimum atomic E-state index is -0.0269. The van der Waals surface area contributed by atoms with Crippen LogP contribution in [0.4, 0.5) is 5.69 Å². The molecule has 0 bridgehead atoms. The van der Waals surface area contributed by atoms with Crippen molar-refractivity contribution in [2.75, 3.05) is 26.0 Å². The molecule has 1 saturated heterocycles. The summed E-state index contributed by atoms with van der Waals surface area (Å²) in [5, 5.41) is 6.36. The number of nitrogens with zero attached hydrogens (tertiary/aromatic N) is 1. The molecule has 1 aliphatic rings. The van der Waals surface area contributed by atoms with Crippen LogP contribution >= 0.6 is 0 Å². The normalized spacial score (nSPS) is 26.4.